The fourth-order valence-electron chi connectivity index (χ4n) is 2.92. The van der Waals surface area contributed by atoms with Gasteiger partial charge in [0.15, 0.2) is 5.11 Å². The van der Waals surface area contributed by atoms with Crippen molar-refractivity contribution in [2.75, 3.05) is 31.1 Å². The Kier molecular flexibility index (Phi) is 5.59. The molecule has 0 saturated carbocycles. The predicted octanol–water partition coefficient (Wildman–Crippen LogP) is 4.10. The summed E-state index contributed by atoms with van der Waals surface area (Å²) in [4.78, 5) is 4.62. The van der Waals surface area contributed by atoms with Gasteiger partial charge in [0.2, 0.25) is 0 Å². The molecule has 0 bridgehead atoms. The highest BCUT2D eigenvalue weighted by Gasteiger charge is 2.20. The van der Waals surface area contributed by atoms with E-state index in [9.17, 15) is 0 Å². The summed E-state index contributed by atoms with van der Waals surface area (Å²) in [6.45, 7) is 5.92. The Morgan fingerprint density at radius 3 is 2.25 bits per heavy atom. The van der Waals surface area contributed by atoms with Gasteiger partial charge in [-0.2, -0.15) is 0 Å². The van der Waals surface area contributed by atoms with E-state index in [1.165, 1.54) is 11.3 Å². The number of halogens is 1. The van der Waals surface area contributed by atoms with E-state index >= 15 is 0 Å². The van der Waals surface area contributed by atoms with Crippen LogP contribution in [0.5, 0.6) is 0 Å². The number of thiocarbonyl (C=S) groups is 1. The molecule has 24 heavy (non-hydrogen) atoms. The summed E-state index contributed by atoms with van der Waals surface area (Å²) in [5, 5.41) is 5.06. The Labute approximate surface area is 154 Å². The van der Waals surface area contributed by atoms with Crippen molar-refractivity contribution in [1.82, 2.24) is 10.2 Å². The van der Waals surface area contributed by atoms with E-state index in [1.54, 1.807) is 0 Å². The van der Waals surface area contributed by atoms with E-state index in [1.807, 2.05) is 18.2 Å². The lowest BCUT2D eigenvalue weighted by atomic mass is 10.1. The molecule has 0 spiro atoms. The highest BCUT2D eigenvalue weighted by molar-refractivity contribution is 7.80. The van der Waals surface area contributed by atoms with Crippen molar-refractivity contribution in [1.29, 1.82) is 0 Å². The van der Waals surface area contributed by atoms with Gasteiger partial charge >= 0.3 is 0 Å². The summed E-state index contributed by atoms with van der Waals surface area (Å²) in [7, 11) is 0. The Bertz CT molecular complexity index is 667. The van der Waals surface area contributed by atoms with Gasteiger partial charge in [-0.05, 0) is 49.0 Å². The van der Waals surface area contributed by atoms with Crippen LogP contribution in [-0.4, -0.2) is 36.2 Å². The number of piperazine rings is 1. The molecule has 0 radical (unpaired) electrons. The number of anilines is 1. The third-order valence-electron chi connectivity index (χ3n) is 4.40. The molecular formula is C19H22ClN3S. The van der Waals surface area contributed by atoms with Gasteiger partial charge in [0, 0.05) is 36.9 Å². The van der Waals surface area contributed by atoms with Crippen molar-refractivity contribution in [3.8, 4) is 0 Å². The summed E-state index contributed by atoms with van der Waals surface area (Å²) in [5.74, 6) is 0. The van der Waals surface area contributed by atoms with Crippen molar-refractivity contribution in [2.45, 2.75) is 13.0 Å². The van der Waals surface area contributed by atoms with Gasteiger partial charge in [0.25, 0.3) is 0 Å². The molecule has 0 amide bonds. The molecule has 2 aromatic rings. The Morgan fingerprint density at radius 1 is 1.00 bits per heavy atom. The Balaban J connectivity index is 1.52. The number of benzene rings is 2. The molecule has 0 aliphatic carbocycles. The zero-order valence-corrected chi connectivity index (χ0v) is 15.4. The first kappa shape index (κ1) is 17.1. The zero-order valence-electron chi connectivity index (χ0n) is 13.8. The highest BCUT2D eigenvalue weighted by atomic mass is 35.5. The number of hydrogen-bond donors (Lipinski definition) is 1. The quantitative estimate of drug-likeness (QED) is 0.831. The maximum Gasteiger partial charge on any atom is 0.169 e. The van der Waals surface area contributed by atoms with Crippen LogP contribution in [0.3, 0.4) is 0 Å². The van der Waals surface area contributed by atoms with Crippen LogP contribution in [0.15, 0.2) is 54.6 Å². The van der Waals surface area contributed by atoms with E-state index in [0.717, 1.165) is 36.3 Å². The molecular weight excluding hydrogens is 338 g/mol. The second-order valence-electron chi connectivity index (χ2n) is 6.03. The standard InChI is InChI=1S/C19H22ClN3S/c1-15(16-5-3-2-4-6-16)21-19(24)23-13-11-22(12-14-23)18-9-7-17(20)8-10-18/h2-10,15H,11-14H2,1H3,(H,21,24). The Morgan fingerprint density at radius 2 is 1.62 bits per heavy atom. The van der Waals surface area contributed by atoms with Gasteiger partial charge in [0.1, 0.15) is 0 Å². The third-order valence-corrected chi connectivity index (χ3v) is 5.03. The molecule has 126 valence electrons. The summed E-state index contributed by atoms with van der Waals surface area (Å²) < 4.78 is 0. The van der Waals surface area contributed by atoms with Crippen molar-refractivity contribution >= 4 is 34.6 Å². The molecule has 3 nitrogen and oxygen atoms in total. The molecule has 1 unspecified atom stereocenters. The van der Waals surface area contributed by atoms with Gasteiger partial charge in [-0.25, -0.2) is 0 Å². The molecule has 1 aliphatic heterocycles. The molecule has 1 N–H and O–H groups in total. The lowest BCUT2D eigenvalue weighted by Gasteiger charge is -2.38. The van der Waals surface area contributed by atoms with Crippen molar-refractivity contribution in [2.24, 2.45) is 0 Å². The molecule has 1 fully saturated rings. The minimum Gasteiger partial charge on any atom is -0.368 e. The summed E-state index contributed by atoms with van der Waals surface area (Å²) in [6, 6.07) is 18.6. The topological polar surface area (TPSA) is 18.5 Å². The normalized spacial score (nSPS) is 15.9. The van der Waals surface area contributed by atoms with Crippen LogP contribution in [0, 0.1) is 0 Å². The number of hydrogen-bond acceptors (Lipinski definition) is 2. The van der Waals surface area contributed by atoms with E-state index in [0.29, 0.717) is 0 Å². The molecule has 1 atom stereocenters. The molecule has 1 heterocycles. The smallest absolute Gasteiger partial charge is 0.169 e. The van der Waals surface area contributed by atoms with Gasteiger partial charge in [-0.15, -0.1) is 0 Å². The van der Waals surface area contributed by atoms with E-state index < -0.39 is 0 Å². The first-order valence-electron chi connectivity index (χ1n) is 8.24. The van der Waals surface area contributed by atoms with Crippen molar-refractivity contribution in [3.05, 3.63) is 65.2 Å². The lowest BCUT2D eigenvalue weighted by molar-refractivity contribution is 0.376. The third kappa shape index (κ3) is 4.19. The van der Waals surface area contributed by atoms with Crippen LogP contribution in [0.1, 0.15) is 18.5 Å². The minimum absolute atomic E-state index is 0.216. The molecule has 0 aromatic heterocycles. The van der Waals surface area contributed by atoms with Crippen LogP contribution in [-0.2, 0) is 0 Å². The largest absolute Gasteiger partial charge is 0.368 e. The maximum absolute atomic E-state index is 5.96. The molecule has 3 rings (SSSR count). The Hall–Kier alpha value is -1.78. The van der Waals surface area contributed by atoms with Gasteiger partial charge in [0.05, 0.1) is 6.04 Å². The SMILES string of the molecule is CC(NC(=S)N1CCN(c2ccc(Cl)cc2)CC1)c1ccccc1. The van der Waals surface area contributed by atoms with E-state index in [4.69, 9.17) is 23.8 Å². The lowest BCUT2D eigenvalue weighted by Crippen LogP contribution is -2.52. The summed E-state index contributed by atoms with van der Waals surface area (Å²) in [6.07, 6.45) is 0. The van der Waals surface area contributed by atoms with Crippen LogP contribution in [0.4, 0.5) is 5.69 Å². The number of nitrogens with zero attached hydrogens (tertiary/aromatic N) is 2. The average molecular weight is 360 g/mol. The van der Waals surface area contributed by atoms with Crippen LogP contribution < -0.4 is 10.2 Å². The van der Waals surface area contributed by atoms with Crippen molar-refractivity contribution in [3.63, 3.8) is 0 Å². The maximum atomic E-state index is 5.96. The molecule has 2 aromatic carbocycles. The molecule has 1 aliphatic rings. The van der Waals surface area contributed by atoms with Crippen molar-refractivity contribution < 1.29 is 0 Å². The predicted molar refractivity (Wildman–Crippen MR) is 106 cm³/mol. The number of rotatable bonds is 3. The fraction of sp³-hybridized carbons (Fsp3) is 0.316. The minimum atomic E-state index is 0.216. The monoisotopic (exact) mass is 359 g/mol. The van der Waals surface area contributed by atoms with Crippen LogP contribution in [0.25, 0.3) is 0 Å². The fourth-order valence-corrected chi connectivity index (χ4v) is 3.41. The first-order valence-corrected chi connectivity index (χ1v) is 9.03. The number of nitrogens with one attached hydrogen (secondary N) is 1. The van der Waals surface area contributed by atoms with Crippen LogP contribution in [0.2, 0.25) is 5.02 Å². The van der Waals surface area contributed by atoms with Gasteiger partial charge < -0.3 is 15.1 Å². The zero-order chi connectivity index (χ0) is 16.9. The van der Waals surface area contributed by atoms with Crippen LogP contribution >= 0.6 is 23.8 Å². The summed E-state index contributed by atoms with van der Waals surface area (Å²) >= 11 is 11.6. The second kappa shape index (κ2) is 7.86. The van der Waals surface area contributed by atoms with Gasteiger partial charge in [-0.1, -0.05) is 41.9 Å². The second-order valence-corrected chi connectivity index (χ2v) is 6.86. The first-order chi connectivity index (χ1) is 11.6. The van der Waals surface area contributed by atoms with Gasteiger partial charge in [-0.3, -0.25) is 0 Å². The highest BCUT2D eigenvalue weighted by Crippen LogP contribution is 2.20. The van der Waals surface area contributed by atoms with E-state index in [-0.39, 0.29) is 6.04 Å². The molecule has 5 heteroatoms. The van der Waals surface area contributed by atoms with E-state index in [2.05, 4.69) is 58.4 Å². The molecule has 1 saturated heterocycles. The average Bonchev–Trinajstić information content (AvgIpc) is 2.63. The summed E-state index contributed by atoms with van der Waals surface area (Å²) in [5.41, 5.74) is 2.47.